The SMILES string of the molecule is C[C@@]1(c2cc(NC(=O)Oc3ccc(Cl)cn3)ccc2F)CCOCC(N)=N1. The fourth-order valence-electron chi connectivity index (χ4n) is 2.72. The molecule has 1 aliphatic heterocycles. The molecule has 0 spiro atoms. The molecule has 1 atom stereocenters. The maximum absolute atomic E-state index is 14.5. The van der Waals surface area contributed by atoms with Gasteiger partial charge in [-0.15, -0.1) is 0 Å². The lowest BCUT2D eigenvalue weighted by Gasteiger charge is -2.25. The van der Waals surface area contributed by atoms with E-state index >= 15 is 0 Å². The van der Waals surface area contributed by atoms with Crippen molar-refractivity contribution in [2.45, 2.75) is 18.9 Å². The molecule has 7 nitrogen and oxygen atoms in total. The molecule has 0 fully saturated rings. The van der Waals surface area contributed by atoms with Crippen LogP contribution in [0.3, 0.4) is 0 Å². The van der Waals surface area contributed by atoms with E-state index in [4.69, 9.17) is 26.8 Å². The molecule has 0 bridgehead atoms. The number of hydrogen-bond donors (Lipinski definition) is 2. The molecule has 1 aromatic carbocycles. The van der Waals surface area contributed by atoms with Crippen molar-refractivity contribution < 1.29 is 18.7 Å². The summed E-state index contributed by atoms with van der Waals surface area (Å²) in [7, 11) is 0. The van der Waals surface area contributed by atoms with Crippen molar-refractivity contribution >= 4 is 29.2 Å². The molecule has 27 heavy (non-hydrogen) atoms. The summed E-state index contributed by atoms with van der Waals surface area (Å²) in [6.45, 7) is 2.37. The second-order valence-corrected chi connectivity index (χ2v) is 6.64. The number of aliphatic imine (C=N–C) groups is 1. The van der Waals surface area contributed by atoms with Gasteiger partial charge in [0, 0.05) is 30.1 Å². The summed E-state index contributed by atoms with van der Waals surface area (Å²) in [6.07, 6.45) is 1.05. The van der Waals surface area contributed by atoms with E-state index in [2.05, 4.69) is 15.3 Å². The van der Waals surface area contributed by atoms with E-state index in [1.807, 2.05) is 0 Å². The summed E-state index contributed by atoms with van der Waals surface area (Å²) >= 11 is 5.74. The third-order valence-corrected chi connectivity index (χ3v) is 4.29. The quantitative estimate of drug-likeness (QED) is 0.833. The number of amidine groups is 1. The molecule has 2 heterocycles. The zero-order valence-corrected chi connectivity index (χ0v) is 15.3. The number of halogens is 2. The second kappa shape index (κ2) is 7.89. The van der Waals surface area contributed by atoms with Crippen molar-refractivity contribution in [2.75, 3.05) is 18.5 Å². The van der Waals surface area contributed by atoms with Gasteiger partial charge in [-0.3, -0.25) is 10.3 Å². The predicted molar refractivity (Wildman–Crippen MR) is 99.7 cm³/mol. The van der Waals surface area contributed by atoms with Crippen molar-refractivity contribution in [1.29, 1.82) is 0 Å². The summed E-state index contributed by atoms with van der Waals surface area (Å²) in [4.78, 5) is 20.3. The van der Waals surface area contributed by atoms with Crippen LogP contribution in [0.25, 0.3) is 0 Å². The van der Waals surface area contributed by atoms with Crippen LogP contribution in [-0.2, 0) is 10.3 Å². The number of aromatic nitrogens is 1. The van der Waals surface area contributed by atoms with Gasteiger partial charge in [0.25, 0.3) is 0 Å². The van der Waals surface area contributed by atoms with E-state index in [-0.39, 0.29) is 12.5 Å². The van der Waals surface area contributed by atoms with Gasteiger partial charge in [-0.1, -0.05) is 11.6 Å². The molecule has 0 unspecified atom stereocenters. The zero-order valence-electron chi connectivity index (χ0n) is 14.5. The van der Waals surface area contributed by atoms with Crippen molar-refractivity contribution in [3.05, 3.63) is 52.9 Å². The number of hydrogen-bond acceptors (Lipinski definition) is 6. The number of benzene rings is 1. The average Bonchev–Trinajstić information content (AvgIpc) is 2.79. The van der Waals surface area contributed by atoms with E-state index in [1.165, 1.54) is 30.5 Å². The third kappa shape index (κ3) is 4.72. The fourth-order valence-corrected chi connectivity index (χ4v) is 2.84. The Morgan fingerprint density at radius 2 is 2.22 bits per heavy atom. The number of amides is 1. The fraction of sp³-hybridized carbons (Fsp3) is 0.278. The molecule has 0 aliphatic carbocycles. The number of anilines is 1. The molecule has 142 valence electrons. The maximum atomic E-state index is 14.5. The summed E-state index contributed by atoms with van der Waals surface area (Å²) in [5, 5.41) is 2.97. The predicted octanol–water partition coefficient (Wildman–Crippen LogP) is 3.48. The minimum atomic E-state index is -0.899. The highest BCUT2D eigenvalue weighted by Gasteiger charge is 2.31. The van der Waals surface area contributed by atoms with Gasteiger partial charge in [-0.05, 0) is 37.6 Å². The molecular weight excluding hydrogens is 375 g/mol. The van der Waals surface area contributed by atoms with Crippen LogP contribution in [0.2, 0.25) is 5.02 Å². The summed E-state index contributed by atoms with van der Waals surface area (Å²) in [6, 6.07) is 7.20. The number of nitrogens with zero attached hydrogens (tertiary/aromatic N) is 2. The lowest BCUT2D eigenvalue weighted by atomic mass is 9.88. The number of nitrogens with one attached hydrogen (secondary N) is 1. The molecule has 1 aromatic heterocycles. The maximum Gasteiger partial charge on any atom is 0.418 e. The Labute approximate surface area is 160 Å². The first-order chi connectivity index (χ1) is 12.9. The molecule has 3 rings (SSSR count). The average molecular weight is 393 g/mol. The minimum Gasteiger partial charge on any atom is -0.391 e. The molecular formula is C18H18ClFN4O3. The Morgan fingerprint density at radius 1 is 1.41 bits per heavy atom. The molecule has 3 N–H and O–H groups in total. The molecule has 1 amide bonds. The Hall–Kier alpha value is -2.71. The largest absolute Gasteiger partial charge is 0.418 e. The van der Waals surface area contributed by atoms with E-state index in [1.54, 1.807) is 13.0 Å². The van der Waals surface area contributed by atoms with Crippen molar-refractivity contribution in [1.82, 2.24) is 4.98 Å². The number of rotatable bonds is 3. The summed E-state index contributed by atoms with van der Waals surface area (Å²) in [5.41, 5.74) is 5.57. The Kier molecular flexibility index (Phi) is 5.57. The third-order valence-electron chi connectivity index (χ3n) is 4.06. The molecule has 1 aliphatic rings. The van der Waals surface area contributed by atoms with E-state index in [9.17, 15) is 9.18 Å². The van der Waals surface area contributed by atoms with Gasteiger partial charge in [-0.2, -0.15) is 0 Å². The number of nitrogens with two attached hydrogens (primary N) is 1. The Bertz CT molecular complexity index is 875. The van der Waals surface area contributed by atoms with E-state index in [0.29, 0.717) is 35.1 Å². The van der Waals surface area contributed by atoms with Gasteiger partial charge in [-0.25, -0.2) is 14.2 Å². The number of carbonyl (C=O) groups excluding carboxylic acids is 1. The molecule has 2 aromatic rings. The van der Waals surface area contributed by atoms with Gasteiger partial charge in [0.1, 0.15) is 18.3 Å². The van der Waals surface area contributed by atoms with Gasteiger partial charge in [0.05, 0.1) is 10.6 Å². The van der Waals surface area contributed by atoms with Crippen molar-refractivity contribution in [3.8, 4) is 5.88 Å². The van der Waals surface area contributed by atoms with Crippen molar-refractivity contribution in [3.63, 3.8) is 0 Å². The normalized spacial score (nSPS) is 19.7. The molecule has 9 heteroatoms. The van der Waals surface area contributed by atoms with Gasteiger partial charge in [0.2, 0.25) is 5.88 Å². The van der Waals surface area contributed by atoms with Crippen molar-refractivity contribution in [2.24, 2.45) is 10.7 Å². The van der Waals surface area contributed by atoms with Crippen LogP contribution in [0.5, 0.6) is 5.88 Å². The summed E-state index contributed by atoms with van der Waals surface area (Å²) < 4.78 is 24.9. The highest BCUT2D eigenvalue weighted by atomic mass is 35.5. The van der Waals surface area contributed by atoms with E-state index in [0.717, 1.165) is 0 Å². The van der Waals surface area contributed by atoms with Crippen LogP contribution < -0.4 is 15.8 Å². The first kappa shape index (κ1) is 19.1. The smallest absolute Gasteiger partial charge is 0.391 e. The first-order valence-corrected chi connectivity index (χ1v) is 8.56. The van der Waals surface area contributed by atoms with Gasteiger partial charge >= 0.3 is 6.09 Å². The van der Waals surface area contributed by atoms with Gasteiger partial charge < -0.3 is 15.2 Å². The van der Waals surface area contributed by atoms with Crippen LogP contribution >= 0.6 is 11.6 Å². The Balaban J connectivity index is 1.79. The Morgan fingerprint density at radius 3 is 2.96 bits per heavy atom. The van der Waals surface area contributed by atoms with Crippen LogP contribution in [0.4, 0.5) is 14.9 Å². The van der Waals surface area contributed by atoms with E-state index < -0.39 is 17.4 Å². The van der Waals surface area contributed by atoms with Crippen LogP contribution in [0.1, 0.15) is 18.9 Å². The van der Waals surface area contributed by atoms with Crippen LogP contribution in [-0.4, -0.2) is 30.1 Å². The number of carbonyl (C=O) groups is 1. The number of ether oxygens (including phenoxy) is 2. The molecule has 0 saturated carbocycles. The second-order valence-electron chi connectivity index (χ2n) is 6.20. The van der Waals surface area contributed by atoms with Crippen LogP contribution in [0, 0.1) is 5.82 Å². The lowest BCUT2D eigenvalue weighted by molar-refractivity contribution is 0.158. The zero-order chi connectivity index (χ0) is 19.4. The molecule has 0 radical (unpaired) electrons. The number of pyridine rings is 1. The molecule has 0 saturated heterocycles. The van der Waals surface area contributed by atoms with Crippen LogP contribution in [0.15, 0.2) is 41.5 Å². The van der Waals surface area contributed by atoms with Gasteiger partial charge in [0.15, 0.2) is 0 Å². The monoisotopic (exact) mass is 392 g/mol. The summed E-state index contributed by atoms with van der Waals surface area (Å²) in [5.74, 6) is -0.0697. The first-order valence-electron chi connectivity index (χ1n) is 8.18. The standard InChI is InChI=1S/C18H18ClFN4O3/c1-18(6-7-26-10-15(21)24-18)13-8-12(3-4-14(13)20)23-17(25)27-16-5-2-11(19)9-22-16/h2-5,8-9H,6-7,10H2,1H3,(H2,21,24)(H,23,25)/t18-/m0/s1. The highest BCUT2D eigenvalue weighted by molar-refractivity contribution is 6.30. The highest BCUT2D eigenvalue weighted by Crippen LogP contribution is 2.34. The minimum absolute atomic E-state index is 0.0875. The topological polar surface area (TPSA) is 98.8 Å². The lowest BCUT2D eigenvalue weighted by Crippen LogP contribution is -2.26.